The number of hydrogen-bond acceptors (Lipinski definition) is 5. The van der Waals surface area contributed by atoms with Gasteiger partial charge in [-0.1, -0.05) is 32.1 Å². The van der Waals surface area contributed by atoms with Gasteiger partial charge in [-0.25, -0.2) is 4.79 Å². The maximum atomic E-state index is 12.8. The van der Waals surface area contributed by atoms with Gasteiger partial charge in [-0.05, 0) is 62.3 Å². The molecule has 0 unspecified atom stereocenters. The summed E-state index contributed by atoms with van der Waals surface area (Å²) in [5.41, 5.74) is 0.565. The lowest BCUT2D eigenvalue weighted by atomic mass is 9.86. The van der Waals surface area contributed by atoms with E-state index in [0.717, 1.165) is 25.2 Å². The van der Waals surface area contributed by atoms with E-state index in [0.29, 0.717) is 43.3 Å². The van der Waals surface area contributed by atoms with Crippen LogP contribution in [0.4, 0.5) is 4.79 Å². The van der Waals surface area contributed by atoms with Crippen LogP contribution in [-0.2, 0) is 9.53 Å². The number of likely N-dealkylation sites (tertiary alicyclic amines) is 1. The third-order valence-corrected chi connectivity index (χ3v) is 6.56. The second kappa shape index (κ2) is 12.5. The summed E-state index contributed by atoms with van der Waals surface area (Å²) in [6, 6.07) is 6.52. The number of ether oxygens (including phenoxy) is 2. The molecule has 0 bridgehead atoms. The van der Waals surface area contributed by atoms with Crippen LogP contribution in [0.2, 0.25) is 0 Å². The lowest BCUT2D eigenvalue weighted by Crippen LogP contribution is -2.41. The van der Waals surface area contributed by atoms with Gasteiger partial charge in [-0.15, -0.1) is 0 Å². The number of amides is 2. The second-order valence-corrected chi connectivity index (χ2v) is 8.89. The van der Waals surface area contributed by atoms with E-state index >= 15 is 0 Å². The summed E-state index contributed by atoms with van der Waals surface area (Å²) in [6.07, 6.45) is 9.21. The zero-order valence-corrected chi connectivity index (χ0v) is 19.1. The molecule has 2 amide bonds. The molecule has 7 nitrogen and oxygen atoms in total. The summed E-state index contributed by atoms with van der Waals surface area (Å²) in [5, 5.41) is 3.10. The standard InChI is InChI=1S/C25H36N2O5/c1-2-31-25(30)32-22-11-9-21(10-12-22)24(29)27-16-14-20(15-17-27)18-26-23(28)13-8-19-6-4-3-5-7-19/h9-12,19-20H,2-8,13-18H2,1H3,(H,26,28). The maximum absolute atomic E-state index is 12.8. The molecule has 1 aromatic rings. The van der Waals surface area contributed by atoms with Gasteiger partial charge < -0.3 is 19.7 Å². The van der Waals surface area contributed by atoms with Gasteiger partial charge in [0.25, 0.3) is 5.91 Å². The van der Waals surface area contributed by atoms with Crippen molar-refractivity contribution in [3.05, 3.63) is 29.8 Å². The molecular weight excluding hydrogens is 408 g/mol. The van der Waals surface area contributed by atoms with Crippen LogP contribution in [-0.4, -0.2) is 49.1 Å². The number of carbonyl (C=O) groups is 3. The molecule has 0 spiro atoms. The summed E-state index contributed by atoms with van der Waals surface area (Å²) in [5.74, 6) is 1.63. The Hall–Kier alpha value is -2.57. The quantitative estimate of drug-likeness (QED) is 0.470. The lowest BCUT2D eigenvalue weighted by molar-refractivity contribution is -0.121. The lowest BCUT2D eigenvalue weighted by Gasteiger charge is -2.32. The molecule has 7 heteroatoms. The molecule has 1 N–H and O–H groups in total. The zero-order valence-electron chi connectivity index (χ0n) is 19.1. The summed E-state index contributed by atoms with van der Waals surface area (Å²) in [4.78, 5) is 38.2. The van der Waals surface area contributed by atoms with Crippen molar-refractivity contribution < 1.29 is 23.9 Å². The number of rotatable bonds is 8. The third-order valence-electron chi connectivity index (χ3n) is 6.56. The average Bonchev–Trinajstić information content (AvgIpc) is 2.82. The highest BCUT2D eigenvalue weighted by atomic mass is 16.7. The highest BCUT2D eigenvalue weighted by Gasteiger charge is 2.24. The summed E-state index contributed by atoms with van der Waals surface area (Å²) >= 11 is 0. The van der Waals surface area contributed by atoms with Crippen LogP contribution in [0.3, 0.4) is 0 Å². The van der Waals surface area contributed by atoms with Crippen LogP contribution in [0.15, 0.2) is 24.3 Å². The van der Waals surface area contributed by atoms with Crippen molar-refractivity contribution >= 4 is 18.0 Å². The van der Waals surface area contributed by atoms with Crippen molar-refractivity contribution in [1.82, 2.24) is 10.2 Å². The van der Waals surface area contributed by atoms with Crippen molar-refractivity contribution in [3.8, 4) is 5.75 Å². The van der Waals surface area contributed by atoms with Crippen molar-refractivity contribution in [2.75, 3.05) is 26.2 Å². The molecule has 0 aromatic heterocycles. The Labute approximate surface area is 190 Å². The van der Waals surface area contributed by atoms with Gasteiger partial charge in [0, 0.05) is 31.6 Å². The molecule has 0 radical (unpaired) electrons. The Morgan fingerprint density at radius 2 is 1.66 bits per heavy atom. The summed E-state index contributed by atoms with van der Waals surface area (Å²) < 4.78 is 9.77. The third kappa shape index (κ3) is 7.53. The van der Waals surface area contributed by atoms with Crippen LogP contribution in [0.5, 0.6) is 5.75 Å². The summed E-state index contributed by atoms with van der Waals surface area (Å²) in [7, 11) is 0. The molecule has 2 fully saturated rings. The van der Waals surface area contributed by atoms with Gasteiger partial charge in [0.15, 0.2) is 0 Å². The minimum Gasteiger partial charge on any atom is -0.434 e. The number of carbonyl (C=O) groups excluding carboxylic acids is 3. The molecule has 2 aliphatic rings. The fourth-order valence-electron chi connectivity index (χ4n) is 4.59. The van der Waals surface area contributed by atoms with Crippen LogP contribution in [0.25, 0.3) is 0 Å². The van der Waals surface area contributed by atoms with Crippen molar-refractivity contribution in [2.24, 2.45) is 11.8 Å². The van der Waals surface area contributed by atoms with Crippen molar-refractivity contribution in [1.29, 1.82) is 0 Å². The normalized spacial score (nSPS) is 17.6. The molecule has 1 aliphatic heterocycles. The largest absolute Gasteiger partial charge is 0.513 e. The highest BCUT2D eigenvalue weighted by Crippen LogP contribution is 2.27. The van der Waals surface area contributed by atoms with Gasteiger partial charge in [0.2, 0.25) is 5.91 Å². The van der Waals surface area contributed by atoms with Crippen LogP contribution in [0.1, 0.15) is 75.1 Å². The topological polar surface area (TPSA) is 84.9 Å². The van der Waals surface area contributed by atoms with Gasteiger partial charge >= 0.3 is 6.16 Å². The van der Waals surface area contributed by atoms with Gasteiger partial charge in [-0.2, -0.15) is 0 Å². The first-order valence-corrected chi connectivity index (χ1v) is 12.1. The number of nitrogens with zero attached hydrogens (tertiary/aromatic N) is 1. The number of benzene rings is 1. The van der Waals surface area contributed by atoms with E-state index in [1.807, 2.05) is 4.90 Å². The Morgan fingerprint density at radius 3 is 2.31 bits per heavy atom. The molecule has 1 saturated carbocycles. The Bertz CT molecular complexity index is 750. The molecule has 1 heterocycles. The number of nitrogens with one attached hydrogen (secondary N) is 1. The predicted octanol–water partition coefficient (Wildman–Crippen LogP) is 4.55. The van der Waals surface area contributed by atoms with Gasteiger partial charge in [0.1, 0.15) is 5.75 Å². The van der Waals surface area contributed by atoms with E-state index in [4.69, 9.17) is 9.47 Å². The molecule has 1 saturated heterocycles. The smallest absolute Gasteiger partial charge is 0.434 e. The Morgan fingerprint density at radius 1 is 0.969 bits per heavy atom. The molecule has 3 rings (SSSR count). The average molecular weight is 445 g/mol. The first-order valence-electron chi connectivity index (χ1n) is 12.1. The zero-order chi connectivity index (χ0) is 22.8. The fraction of sp³-hybridized carbons (Fsp3) is 0.640. The van der Waals surface area contributed by atoms with E-state index in [-0.39, 0.29) is 18.4 Å². The fourth-order valence-corrected chi connectivity index (χ4v) is 4.59. The maximum Gasteiger partial charge on any atom is 0.513 e. The van der Waals surface area contributed by atoms with E-state index in [1.165, 1.54) is 32.1 Å². The number of hydrogen-bond donors (Lipinski definition) is 1. The first-order chi connectivity index (χ1) is 15.5. The summed E-state index contributed by atoms with van der Waals surface area (Å²) in [6.45, 7) is 4.02. The van der Waals surface area contributed by atoms with E-state index in [9.17, 15) is 14.4 Å². The van der Waals surface area contributed by atoms with E-state index in [2.05, 4.69) is 5.32 Å². The molecule has 32 heavy (non-hydrogen) atoms. The SMILES string of the molecule is CCOC(=O)Oc1ccc(C(=O)N2CCC(CNC(=O)CCC3CCCCC3)CC2)cc1. The van der Waals surface area contributed by atoms with Crippen LogP contribution in [0, 0.1) is 11.8 Å². The van der Waals surface area contributed by atoms with Crippen LogP contribution < -0.4 is 10.1 Å². The highest BCUT2D eigenvalue weighted by molar-refractivity contribution is 5.94. The minimum atomic E-state index is -0.755. The molecular formula is C25H36N2O5. The molecule has 0 atom stereocenters. The molecule has 1 aromatic carbocycles. The molecule has 1 aliphatic carbocycles. The molecule has 176 valence electrons. The monoisotopic (exact) mass is 444 g/mol. The van der Waals surface area contributed by atoms with Gasteiger partial charge in [-0.3, -0.25) is 9.59 Å². The van der Waals surface area contributed by atoms with Crippen molar-refractivity contribution in [3.63, 3.8) is 0 Å². The predicted molar refractivity (Wildman–Crippen MR) is 122 cm³/mol. The van der Waals surface area contributed by atoms with E-state index < -0.39 is 6.16 Å². The van der Waals surface area contributed by atoms with Crippen LogP contribution >= 0.6 is 0 Å². The Kier molecular flexibility index (Phi) is 9.38. The van der Waals surface area contributed by atoms with E-state index in [1.54, 1.807) is 31.2 Å². The minimum absolute atomic E-state index is 0.0253. The second-order valence-electron chi connectivity index (χ2n) is 8.89. The van der Waals surface area contributed by atoms with Crippen molar-refractivity contribution in [2.45, 2.75) is 64.7 Å². The van der Waals surface area contributed by atoms with Gasteiger partial charge in [0.05, 0.1) is 6.61 Å². The Balaban J connectivity index is 1.35. The first kappa shape index (κ1) is 24.1. The number of piperidine rings is 1.